The summed E-state index contributed by atoms with van der Waals surface area (Å²) in [5.74, 6) is -0.460. The summed E-state index contributed by atoms with van der Waals surface area (Å²) in [5.41, 5.74) is -0.401. The van der Waals surface area contributed by atoms with E-state index in [4.69, 9.17) is 0 Å². The summed E-state index contributed by atoms with van der Waals surface area (Å²) in [6, 6.07) is 17.8. The van der Waals surface area contributed by atoms with Crippen molar-refractivity contribution in [3.63, 3.8) is 0 Å². The number of amides is 1. The van der Waals surface area contributed by atoms with Crippen LogP contribution in [0.2, 0.25) is 0 Å². The molecule has 144 valence electrons. The Morgan fingerprint density at radius 2 is 1.71 bits per heavy atom. The first-order valence-electron chi connectivity index (χ1n) is 8.06. The Bertz CT molecular complexity index is 952. The molecule has 1 N–H and O–H groups in total. The summed E-state index contributed by atoms with van der Waals surface area (Å²) in [6.07, 6.45) is -3.52. The molecule has 0 spiro atoms. The maximum atomic E-state index is 12.7. The third-order valence-corrected chi connectivity index (χ3v) is 5.33. The highest BCUT2D eigenvalue weighted by Crippen LogP contribution is 2.33. The number of hydrogen-bond donors (Lipinski definition) is 1. The SMILES string of the molecule is O=C(CSc1nccc(C(F)(F)F)n1)Nc1ccccc1Sc1ccccc1. The lowest BCUT2D eigenvalue weighted by Gasteiger charge is -2.11. The van der Waals surface area contributed by atoms with Crippen LogP contribution in [0.1, 0.15) is 5.69 Å². The van der Waals surface area contributed by atoms with E-state index in [1.165, 1.54) is 11.8 Å². The number of benzene rings is 2. The summed E-state index contributed by atoms with van der Waals surface area (Å²) in [6.45, 7) is 0. The van der Waals surface area contributed by atoms with Crippen molar-refractivity contribution in [3.05, 3.63) is 72.6 Å². The Morgan fingerprint density at radius 1 is 1.00 bits per heavy atom. The van der Waals surface area contributed by atoms with Crippen molar-refractivity contribution in [1.29, 1.82) is 0 Å². The van der Waals surface area contributed by atoms with Gasteiger partial charge in [0.05, 0.1) is 11.4 Å². The molecule has 1 aromatic heterocycles. The molecule has 9 heteroatoms. The number of aromatic nitrogens is 2. The van der Waals surface area contributed by atoms with Gasteiger partial charge in [-0.2, -0.15) is 13.2 Å². The number of nitrogens with zero attached hydrogens (tertiary/aromatic N) is 2. The Hall–Kier alpha value is -2.52. The number of anilines is 1. The minimum absolute atomic E-state index is 0.100. The van der Waals surface area contributed by atoms with E-state index < -0.39 is 11.9 Å². The van der Waals surface area contributed by atoms with Crippen LogP contribution in [0.25, 0.3) is 0 Å². The van der Waals surface area contributed by atoms with E-state index in [0.29, 0.717) is 5.69 Å². The van der Waals surface area contributed by atoms with E-state index in [2.05, 4.69) is 15.3 Å². The zero-order valence-electron chi connectivity index (χ0n) is 14.3. The Balaban J connectivity index is 1.63. The first-order valence-corrected chi connectivity index (χ1v) is 9.87. The van der Waals surface area contributed by atoms with Crippen LogP contribution >= 0.6 is 23.5 Å². The number of alkyl halides is 3. The van der Waals surface area contributed by atoms with Gasteiger partial charge in [0.2, 0.25) is 5.91 Å². The van der Waals surface area contributed by atoms with E-state index >= 15 is 0 Å². The number of halogens is 3. The first kappa shape index (κ1) is 20.2. The van der Waals surface area contributed by atoms with Crippen LogP contribution in [-0.2, 0) is 11.0 Å². The molecule has 1 heterocycles. The minimum Gasteiger partial charge on any atom is -0.324 e. The van der Waals surface area contributed by atoms with Crippen LogP contribution in [0.3, 0.4) is 0 Å². The van der Waals surface area contributed by atoms with Gasteiger partial charge in [-0.3, -0.25) is 4.79 Å². The highest BCUT2D eigenvalue weighted by Gasteiger charge is 2.32. The fourth-order valence-corrected chi connectivity index (χ4v) is 3.71. The Kier molecular flexibility index (Phi) is 6.58. The maximum absolute atomic E-state index is 12.7. The van der Waals surface area contributed by atoms with E-state index in [1.807, 2.05) is 42.5 Å². The zero-order valence-corrected chi connectivity index (χ0v) is 15.9. The predicted octanol–water partition coefficient (Wildman–Crippen LogP) is 5.38. The van der Waals surface area contributed by atoms with Gasteiger partial charge in [0.1, 0.15) is 5.69 Å². The third kappa shape index (κ3) is 5.74. The van der Waals surface area contributed by atoms with Gasteiger partial charge < -0.3 is 5.32 Å². The normalized spacial score (nSPS) is 11.2. The molecule has 0 fully saturated rings. The summed E-state index contributed by atoms with van der Waals surface area (Å²) < 4.78 is 38.1. The van der Waals surface area contributed by atoms with Crippen molar-refractivity contribution in [2.45, 2.75) is 21.1 Å². The summed E-state index contributed by atoms with van der Waals surface area (Å²) >= 11 is 2.35. The lowest BCUT2D eigenvalue weighted by atomic mass is 10.3. The average Bonchev–Trinajstić information content (AvgIpc) is 2.68. The maximum Gasteiger partial charge on any atom is 0.433 e. The highest BCUT2D eigenvalue weighted by atomic mass is 32.2. The van der Waals surface area contributed by atoms with Gasteiger partial charge in [0, 0.05) is 16.0 Å². The topological polar surface area (TPSA) is 54.9 Å². The van der Waals surface area contributed by atoms with Gasteiger partial charge in [0.25, 0.3) is 0 Å². The monoisotopic (exact) mass is 421 g/mol. The van der Waals surface area contributed by atoms with Crippen molar-refractivity contribution >= 4 is 35.1 Å². The first-order chi connectivity index (χ1) is 13.4. The molecule has 2 aromatic carbocycles. The summed E-state index contributed by atoms with van der Waals surface area (Å²) in [5, 5.41) is 2.69. The molecule has 0 saturated carbocycles. The van der Waals surface area contributed by atoms with Crippen LogP contribution in [0, 0.1) is 0 Å². The van der Waals surface area contributed by atoms with E-state index in [1.54, 1.807) is 12.1 Å². The van der Waals surface area contributed by atoms with Crippen LogP contribution in [0.5, 0.6) is 0 Å². The third-order valence-electron chi connectivity index (χ3n) is 3.39. The fraction of sp³-hybridized carbons (Fsp3) is 0.105. The minimum atomic E-state index is -4.55. The lowest BCUT2D eigenvalue weighted by molar-refractivity contribution is -0.141. The second-order valence-corrected chi connectivity index (χ2v) is 7.53. The molecular formula is C19H14F3N3OS2. The Morgan fingerprint density at radius 3 is 2.46 bits per heavy atom. The number of nitrogens with one attached hydrogen (secondary N) is 1. The molecule has 1 amide bonds. The zero-order chi connectivity index (χ0) is 20.0. The average molecular weight is 421 g/mol. The molecule has 0 saturated heterocycles. The van der Waals surface area contributed by atoms with Crippen molar-refractivity contribution in [2.24, 2.45) is 0 Å². The van der Waals surface area contributed by atoms with Crippen LogP contribution in [0.15, 0.2) is 81.8 Å². The van der Waals surface area contributed by atoms with Gasteiger partial charge >= 0.3 is 6.18 Å². The van der Waals surface area contributed by atoms with Crippen LogP contribution in [0.4, 0.5) is 18.9 Å². The molecule has 0 atom stereocenters. The van der Waals surface area contributed by atoms with Gasteiger partial charge in [0.15, 0.2) is 5.16 Å². The molecular weight excluding hydrogens is 407 g/mol. The van der Waals surface area contributed by atoms with Crippen molar-refractivity contribution in [1.82, 2.24) is 9.97 Å². The second-order valence-electron chi connectivity index (χ2n) is 5.47. The molecule has 0 radical (unpaired) electrons. The van der Waals surface area contributed by atoms with E-state index in [0.717, 1.165) is 33.8 Å². The Labute approximate surface area is 168 Å². The molecule has 0 aliphatic heterocycles. The van der Waals surface area contributed by atoms with Crippen molar-refractivity contribution in [2.75, 3.05) is 11.1 Å². The summed E-state index contributed by atoms with van der Waals surface area (Å²) in [7, 11) is 0. The van der Waals surface area contributed by atoms with Gasteiger partial charge in [-0.25, -0.2) is 9.97 Å². The molecule has 28 heavy (non-hydrogen) atoms. The fourth-order valence-electron chi connectivity index (χ4n) is 2.16. The van der Waals surface area contributed by atoms with E-state index in [-0.39, 0.29) is 16.8 Å². The number of para-hydroxylation sites is 1. The molecule has 0 bridgehead atoms. The van der Waals surface area contributed by atoms with Crippen molar-refractivity contribution in [3.8, 4) is 0 Å². The summed E-state index contributed by atoms with van der Waals surface area (Å²) in [4.78, 5) is 21.4. The number of thioether (sulfide) groups is 1. The number of rotatable bonds is 6. The van der Waals surface area contributed by atoms with E-state index in [9.17, 15) is 18.0 Å². The van der Waals surface area contributed by atoms with Gasteiger partial charge in [-0.15, -0.1) is 0 Å². The second kappa shape index (κ2) is 9.11. The van der Waals surface area contributed by atoms with Crippen molar-refractivity contribution < 1.29 is 18.0 Å². The largest absolute Gasteiger partial charge is 0.433 e. The predicted molar refractivity (Wildman–Crippen MR) is 103 cm³/mol. The van der Waals surface area contributed by atoms with Gasteiger partial charge in [-0.05, 0) is 30.3 Å². The molecule has 0 aliphatic carbocycles. The number of carbonyl (C=O) groups is 1. The standard InChI is InChI=1S/C19H14F3N3OS2/c20-19(21,22)16-10-11-23-18(25-16)27-12-17(26)24-14-8-4-5-9-15(14)28-13-6-2-1-3-7-13/h1-11H,12H2,(H,24,26). The van der Waals surface area contributed by atoms with Crippen LogP contribution < -0.4 is 5.32 Å². The molecule has 3 rings (SSSR count). The lowest BCUT2D eigenvalue weighted by Crippen LogP contribution is -2.15. The molecule has 0 aliphatic rings. The smallest absolute Gasteiger partial charge is 0.324 e. The van der Waals surface area contributed by atoms with Gasteiger partial charge in [-0.1, -0.05) is 53.9 Å². The number of hydrogen-bond acceptors (Lipinski definition) is 5. The highest BCUT2D eigenvalue weighted by molar-refractivity contribution is 8.00. The molecule has 4 nitrogen and oxygen atoms in total. The molecule has 3 aromatic rings. The quantitative estimate of drug-likeness (QED) is 0.428. The van der Waals surface area contributed by atoms with Crippen LogP contribution in [-0.4, -0.2) is 21.6 Å². The number of carbonyl (C=O) groups excluding carboxylic acids is 1. The molecule has 0 unspecified atom stereocenters.